The fraction of sp³-hybridized carbons (Fsp3) is 0.571. The molecule has 5 N–H and O–H groups in total. The first-order chi connectivity index (χ1) is 9.13. The molecule has 1 heterocycles. The van der Waals surface area contributed by atoms with Crippen molar-refractivity contribution in [3.63, 3.8) is 0 Å². The minimum absolute atomic E-state index is 0.283. The first-order valence-corrected chi connectivity index (χ1v) is 6.85. The minimum Gasteiger partial charge on any atom is -0.366 e. The summed E-state index contributed by atoms with van der Waals surface area (Å²) in [6.45, 7) is 2.53. The highest BCUT2D eigenvalue weighted by Gasteiger charge is 2.25. The van der Waals surface area contributed by atoms with Crippen LogP contribution < -0.4 is 16.8 Å². The van der Waals surface area contributed by atoms with E-state index in [1.807, 2.05) is 6.92 Å². The topological polar surface area (TPSA) is 94.0 Å². The number of hydrogen-bond donors (Lipinski definition) is 3. The van der Waals surface area contributed by atoms with Gasteiger partial charge in [0.05, 0.1) is 5.56 Å². The highest BCUT2D eigenvalue weighted by atomic mass is 16.1. The highest BCUT2D eigenvalue weighted by molar-refractivity contribution is 5.99. The van der Waals surface area contributed by atoms with E-state index in [-0.39, 0.29) is 6.04 Å². The van der Waals surface area contributed by atoms with Crippen LogP contribution in [0, 0.1) is 12.8 Å². The third-order valence-electron chi connectivity index (χ3n) is 3.94. The fourth-order valence-electron chi connectivity index (χ4n) is 2.83. The molecule has 0 saturated heterocycles. The van der Waals surface area contributed by atoms with E-state index in [2.05, 4.69) is 10.3 Å². The van der Waals surface area contributed by atoms with Crippen molar-refractivity contribution < 1.29 is 4.79 Å². The Balaban J connectivity index is 2.22. The molecule has 19 heavy (non-hydrogen) atoms. The number of nitrogens with zero attached hydrogens (tertiary/aromatic N) is 1. The van der Waals surface area contributed by atoms with Crippen molar-refractivity contribution in [2.24, 2.45) is 17.4 Å². The Morgan fingerprint density at radius 3 is 2.89 bits per heavy atom. The number of aryl methyl sites for hydroxylation is 1. The monoisotopic (exact) mass is 262 g/mol. The zero-order chi connectivity index (χ0) is 13.8. The fourth-order valence-corrected chi connectivity index (χ4v) is 2.83. The highest BCUT2D eigenvalue weighted by Crippen LogP contribution is 2.27. The molecule has 1 aromatic heterocycles. The first-order valence-electron chi connectivity index (χ1n) is 6.85. The van der Waals surface area contributed by atoms with Gasteiger partial charge in [0.25, 0.3) is 5.91 Å². The number of nitrogens with two attached hydrogens (primary N) is 2. The number of aromatic nitrogens is 1. The summed E-state index contributed by atoms with van der Waals surface area (Å²) in [5.74, 6) is 0.600. The predicted octanol–water partition coefficient (Wildman–Crippen LogP) is 1.42. The molecule has 1 aromatic rings. The second-order valence-electron chi connectivity index (χ2n) is 5.25. The molecule has 0 spiro atoms. The second-order valence-corrected chi connectivity index (χ2v) is 5.25. The van der Waals surface area contributed by atoms with Gasteiger partial charge < -0.3 is 16.8 Å². The molecule has 1 saturated carbocycles. The van der Waals surface area contributed by atoms with Crippen LogP contribution in [-0.4, -0.2) is 23.5 Å². The van der Waals surface area contributed by atoms with Gasteiger partial charge in [0, 0.05) is 12.2 Å². The third-order valence-corrected chi connectivity index (χ3v) is 3.94. The van der Waals surface area contributed by atoms with Gasteiger partial charge in [-0.2, -0.15) is 0 Å². The van der Waals surface area contributed by atoms with Gasteiger partial charge in [-0.25, -0.2) is 4.98 Å². The van der Waals surface area contributed by atoms with Crippen LogP contribution in [0.1, 0.15) is 41.6 Å². The summed E-state index contributed by atoms with van der Waals surface area (Å²) in [6, 6.07) is 2.08. The normalized spacial score (nSPS) is 23.1. The van der Waals surface area contributed by atoms with Gasteiger partial charge in [0.2, 0.25) is 0 Å². The average molecular weight is 262 g/mol. The van der Waals surface area contributed by atoms with Crippen molar-refractivity contribution in [1.29, 1.82) is 0 Å². The molecular formula is C14H22N4O. The molecule has 1 fully saturated rings. The average Bonchev–Trinajstić information content (AvgIpc) is 2.39. The molecule has 5 heteroatoms. The van der Waals surface area contributed by atoms with Crippen LogP contribution in [0.15, 0.2) is 12.3 Å². The maximum Gasteiger partial charge on any atom is 0.252 e. The van der Waals surface area contributed by atoms with Crippen molar-refractivity contribution >= 4 is 11.7 Å². The summed E-state index contributed by atoms with van der Waals surface area (Å²) < 4.78 is 0. The Kier molecular flexibility index (Phi) is 4.37. The van der Waals surface area contributed by atoms with E-state index in [0.717, 1.165) is 18.4 Å². The van der Waals surface area contributed by atoms with Gasteiger partial charge in [-0.15, -0.1) is 0 Å². The van der Waals surface area contributed by atoms with E-state index in [1.54, 1.807) is 12.3 Å². The Labute approximate surface area is 113 Å². The molecule has 0 radical (unpaired) electrons. The number of rotatable bonds is 4. The van der Waals surface area contributed by atoms with Gasteiger partial charge in [-0.3, -0.25) is 4.79 Å². The van der Waals surface area contributed by atoms with Crippen LogP contribution >= 0.6 is 0 Å². The maximum atomic E-state index is 11.6. The number of primary amides is 1. The quantitative estimate of drug-likeness (QED) is 0.765. The van der Waals surface area contributed by atoms with Crippen molar-refractivity contribution in [3.8, 4) is 0 Å². The molecule has 0 aliphatic heterocycles. The van der Waals surface area contributed by atoms with E-state index in [1.165, 1.54) is 12.8 Å². The SMILES string of the molecule is Cc1ccnc(NC2CCCCC2CN)c1C(N)=O. The molecule has 0 aromatic carbocycles. The number of amides is 1. The zero-order valence-electron chi connectivity index (χ0n) is 11.4. The number of pyridine rings is 1. The molecule has 1 amide bonds. The molecular weight excluding hydrogens is 240 g/mol. The van der Waals surface area contributed by atoms with Crippen LogP contribution in [0.4, 0.5) is 5.82 Å². The number of anilines is 1. The van der Waals surface area contributed by atoms with Gasteiger partial charge in [-0.1, -0.05) is 12.8 Å². The number of carbonyl (C=O) groups is 1. The Bertz CT molecular complexity index is 461. The molecule has 2 rings (SSSR count). The summed E-state index contributed by atoms with van der Waals surface area (Å²) >= 11 is 0. The second kappa shape index (κ2) is 6.02. The Morgan fingerprint density at radius 2 is 2.21 bits per heavy atom. The van der Waals surface area contributed by atoms with Gasteiger partial charge in [-0.05, 0) is 43.9 Å². The first kappa shape index (κ1) is 13.8. The van der Waals surface area contributed by atoms with E-state index in [0.29, 0.717) is 23.8 Å². The summed E-state index contributed by atoms with van der Waals surface area (Å²) in [6.07, 6.45) is 6.31. The lowest BCUT2D eigenvalue weighted by molar-refractivity contribution is 0.1000. The molecule has 2 unspecified atom stereocenters. The molecule has 5 nitrogen and oxygen atoms in total. The maximum absolute atomic E-state index is 11.6. The van der Waals surface area contributed by atoms with Crippen molar-refractivity contribution in [1.82, 2.24) is 4.98 Å². The van der Waals surface area contributed by atoms with Gasteiger partial charge in [0.15, 0.2) is 0 Å². The van der Waals surface area contributed by atoms with Crippen LogP contribution in [0.3, 0.4) is 0 Å². The summed E-state index contributed by atoms with van der Waals surface area (Å²) in [7, 11) is 0. The number of hydrogen-bond acceptors (Lipinski definition) is 4. The van der Waals surface area contributed by atoms with Crippen LogP contribution in [-0.2, 0) is 0 Å². The summed E-state index contributed by atoms with van der Waals surface area (Å²) in [5, 5.41) is 3.38. The van der Waals surface area contributed by atoms with Crippen LogP contribution in [0.5, 0.6) is 0 Å². The third kappa shape index (κ3) is 3.04. The van der Waals surface area contributed by atoms with E-state index in [4.69, 9.17) is 11.5 Å². The lowest BCUT2D eigenvalue weighted by atomic mass is 9.84. The van der Waals surface area contributed by atoms with Crippen LogP contribution in [0.2, 0.25) is 0 Å². The van der Waals surface area contributed by atoms with Gasteiger partial charge in [0.1, 0.15) is 5.82 Å². The largest absolute Gasteiger partial charge is 0.366 e. The van der Waals surface area contributed by atoms with Crippen molar-refractivity contribution in [2.45, 2.75) is 38.6 Å². The lowest BCUT2D eigenvalue weighted by Crippen LogP contribution is -2.37. The molecule has 104 valence electrons. The van der Waals surface area contributed by atoms with Crippen molar-refractivity contribution in [2.75, 3.05) is 11.9 Å². The standard InChI is InChI=1S/C14H22N4O/c1-9-6-7-17-14(12(9)13(16)19)18-11-5-3-2-4-10(11)8-15/h6-7,10-11H,2-5,8,15H2,1H3,(H2,16,19)(H,17,18). The summed E-state index contributed by atoms with van der Waals surface area (Å²) in [4.78, 5) is 15.8. The Hall–Kier alpha value is -1.62. The Morgan fingerprint density at radius 1 is 1.47 bits per heavy atom. The van der Waals surface area contributed by atoms with E-state index >= 15 is 0 Å². The number of carbonyl (C=O) groups excluding carboxylic acids is 1. The lowest BCUT2D eigenvalue weighted by Gasteiger charge is -2.32. The van der Waals surface area contributed by atoms with Crippen molar-refractivity contribution in [3.05, 3.63) is 23.4 Å². The molecule has 1 aliphatic rings. The molecule has 2 atom stereocenters. The molecule has 0 bridgehead atoms. The van der Waals surface area contributed by atoms with E-state index in [9.17, 15) is 4.79 Å². The number of nitrogens with one attached hydrogen (secondary N) is 1. The minimum atomic E-state index is -0.437. The summed E-state index contributed by atoms with van der Waals surface area (Å²) in [5.41, 5.74) is 12.6. The van der Waals surface area contributed by atoms with Gasteiger partial charge >= 0.3 is 0 Å². The zero-order valence-corrected chi connectivity index (χ0v) is 11.4. The smallest absolute Gasteiger partial charge is 0.252 e. The van der Waals surface area contributed by atoms with Crippen LogP contribution in [0.25, 0.3) is 0 Å². The molecule has 1 aliphatic carbocycles. The van der Waals surface area contributed by atoms with E-state index < -0.39 is 5.91 Å². The predicted molar refractivity (Wildman–Crippen MR) is 75.9 cm³/mol.